The van der Waals surface area contributed by atoms with Gasteiger partial charge in [0.1, 0.15) is 5.75 Å². The summed E-state index contributed by atoms with van der Waals surface area (Å²) in [4.78, 5) is 25.1. The molecule has 6 nitrogen and oxygen atoms in total. The van der Waals surface area contributed by atoms with Gasteiger partial charge < -0.3 is 14.5 Å². The van der Waals surface area contributed by atoms with Gasteiger partial charge in [0.05, 0.1) is 18.5 Å². The Morgan fingerprint density at radius 3 is 2.33 bits per heavy atom. The third kappa shape index (κ3) is 4.03. The van der Waals surface area contributed by atoms with Gasteiger partial charge in [0.25, 0.3) is 5.56 Å². The summed E-state index contributed by atoms with van der Waals surface area (Å²) in [6, 6.07) is 16.2. The van der Waals surface area contributed by atoms with Crippen LogP contribution in [0.3, 0.4) is 0 Å². The van der Waals surface area contributed by atoms with Crippen LogP contribution in [0.4, 0.5) is 11.6 Å². The molecule has 156 valence electrons. The van der Waals surface area contributed by atoms with Crippen molar-refractivity contribution in [1.82, 2.24) is 9.97 Å². The predicted octanol–water partition coefficient (Wildman–Crippen LogP) is 3.31. The van der Waals surface area contributed by atoms with Crippen molar-refractivity contribution in [2.75, 3.05) is 43.1 Å². The summed E-state index contributed by atoms with van der Waals surface area (Å²) >= 11 is 0. The summed E-state index contributed by atoms with van der Waals surface area (Å²) in [6.07, 6.45) is 0.600. The number of methoxy groups -OCH3 is 1. The van der Waals surface area contributed by atoms with Crippen molar-refractivity contribution in [1.29, 1.82) is 0 Å². The van der Waals surface area contributed by atoms with Gasteiger partial charge in [-0.3, -0.25) is 9.78 Å². The average Bonchev–Trinajstić information content (AvgIpc) is 2.77. The number of anilines is 2. The number of benzene rings is 2. The monoisotopic (exact) mass is 404 g/mol. The molecule has 0 bridgehead atoms. The van der Waals surface area contributed by atoms with E-state index >= 15 is 0 Å². The molecule has 0 aliphatic carbocycles. The Morgan fingerprint density at radius 1 is 0.967 bits per heavy atom. The minimum atomic E-state index is -0.0482. The first-order chi connectivity index (χ1) is 14.6. The Labute approximate surface area is 177 Å². The summed E-state index contributed by atoms with van der Waals surface area (Å²) in [5.74, 6) is 1.54. The van der Waals surface area contributed by atoms with E-state index in [0.29, 0.717) is 12.4 Å². The number of aromatic amines is 1. The Kier molecular flexibility index (Phi) is 5.74. The number of para-hydroxylation sites is 2. The topological polar surface area (TPSA) is 61.5 Å². The molecular weight excluding hydrogens is 376 g/mol. The fourth-order valence-electron chi connectivity index (χ4n) is 4.00. The maximum absolute atomic E-state index is 12.8. The fraction of sp³-hybridized carbons (Fsp3) is 0.333. The molecule has 2 heterocycles. The van der Waals surface area contributed by atoms with Crippen LogP contribution in [-0.2, 0) is 6.42 Å². The molecule has 4 rings (SSSR count). The zero-order valence-electron chi connectivity index (χ0n) is 17.8. The number of ether oxygens (including phenoxy) is 1. The highest BCUT2D eigenvalue weighted by Gasteiger charge is 2.22. The highest BCUT2D eigenvalue weighted by atomic mass is 16.5. The van der Waals surface area contributed by atoms with Gasteiger partial charge in [-0.05, 0) is 37.1 Å². The Bertz CT molecular complexity index is 1080. The van der Waals surface area contributed by atoms with Crippen molar-refractivity contribution in [2.45, 2.75) is 20.3 Å². The lowest BCUT2D eigenvalue weighted by molar-refractivity contribution is 0.413. The van der Waals surface area contributed by atoms with Gasteiger partial charge in [-0.25, -0.2) is 4.98 Å². The molecular formula is C24H28N4O2. The van der Waals surface area contributed by atoms with Crippen molar-refractivity contribution in [3.8, 4) is 5.75 Å². The van der Waals surface area contributed by atoms with Crippen molar-refractivity contribution in [3.63, 3.8) is 0 Å². The highest BCUT2D eigenvalue weighted by Crippen LogP contribution is 2.28. The first-order valence-corrected chi connectivity index (χ1v) is 10.3. The minimum Gasteiger partial charge on any atom is -0.495 e. The SMILES string of the molecule is COc1ccccc1N1CCN(c2nc(C)c(Cc3ccccc3C)c(=O)[nH]2)CC1. The molecule has 1 aliphatic rings. The Hall–Kier alpha value is -3.28. The van der Waals surface area contributed by atoms with Crippen LogP contribution >= 0.6 is 0 Å². The molecule has 1 N–H and O–H groups in total. The molecule has 1 fully saturated rings. The van der Waals surface area contributed by atoms with Crippen LogP contribution in [0.15, 0.2) is 53.3 Å². The molecule has 30 heavy (non-hydrogen) atoms. The first kappa shape index (κ1) is 20.0. The van der Waals surface area contributed by atoms with Gasteiger partial charge in [-0.1, -0.05) is 36.4 Å². The number of H-pyrrole nitrogens is 1. The third-order valence-electron chi connectivity index (χ3n) is 5.84. The molecule has 1 aliphatic heterocycles. The van der Waals surface area contributed by atoms with E-state index in [1.807, 2.05) is 37.3 Å². The lowest BCUT2D eigenvalue weighted by Gasteiger charge is -2.37. The van der Waals surface area contributed by atoms with Gasteiger partial charge in [0.2, 0.25) is 5.95 Å². The van der Waals surface area contributed by atoms with Crippen molar-refractivity contribution < 1.29 is 4.74 Å². The van der Waals surface area contributed by atoms with E-state index in [1.165, 1.54) is 5.56 Å². The number of hydrogen-bond donors (Lipinski definition) is 1. The van der Waals surface area contributed by atoms with E-state index < -0.39 is 0 Å². The molecule has 1 aromatic heterocycles. The molecule has 0 amide bonds. The van der Waals surface area contributed by atoms with E-state index in [9.17, 15) is 4.79 Å². The molecule has 0 saturated carbocycles. The Morgan fingerprint density at radius 2 is 1.63 bits per heavy atom. The maximum atomic E-state index is 12.8. The summed E-state index contributed by atoms with van der Waals surface area (Å²) in [7, 11) is 1.70. The second-order valence-corrected chi connectivity index (χ2v) is 7.70. The molecule has 3 aromatic rings. The molecule has 0 unspecified atom stereocenters. The molecule has 0 radical (unpaired) electrons. The van der Waals surface area contributed by atoms with Crippen molar-refractivity contribution in [3.05, 3.63) is 81.3 Å². The zero-order valence-corrected chi connectivity index (χ0v) is 17.8. The highest BCUT2D eigenvalue weighted by molar-refractivity contribution is 5.59. The number of rotatable bonds is 5. The van der Waals surface area contributed by atoms with Crippen LogP contribution in [0.2, 0.25) is 0 Å². The van der Waals surface area contributed by atoms with Crippen molar-refractivity contribution >= 4 is 11.6 Å². The maximum Gasteiger partial charge on any atom is 0.256 e. The number of nitrogens with one attached hydrogen (secondary N) is 1. The van der Waals surface area contributed by atoms with E-state index in [4.69, 9.17) is 9.72 Å². The molecule has 1 saturated heterocycles. The lowest BCUT2D eigenvalue weighted by atomic mass is 10.0. The number of hydrogen-bond acceptors (Lipinski definition) is 5. The fourth-order valence-corrected chi connectivity index (χ4v) is 4.00. The zero-order chi connectivity index (χ0) is 21.1. The van der Waals surface area contributed by atoms with E-state index in [2.05, 4.69) is 39.9 Å². The second-order valence-electron chi connectivity index (χ2n) is 7.70. The van der Waals surface area contributed by atoms with Crippen LogP contribution in [0, 0.1) is 13.8 Å². The van der Waals surface area contributed by atoms with Crippen LogP contribution in [0.1, 0.15) is 22.4 Å². The largest absolute Gasteiger partial charge is 0.495 e. The van der Waals surface area contributed by atoms with E-state index in [0.717, 1.165) is 54.4 Å². The van der Waals surface area contributed by atoms with Gasteiger partial charge in [0, 0.05) is 38.2 Å². The normalized spacial score (nSPS) is 14.1. The van der Waals surface area contributed by atoms with Crippen LogP contribution in [0.25, 0.3) is 0 Å². The van der Waals surface area contributed by atoms with Crippen LogP contribution in [0.5, 0.6) is 5.75 Å². The molecule has 2 aromatic carbocycles. The van der Waals surface area contributed by atoms with Crippen LogP contribution in [-0.4, -0.2) is 43.3 Å². The smallest absolute Gasteiger partial charge is 0.256 e. The van der Waals surface area contributed by atoms with Crippen LogP contribution < -0.4 is 20.1 Å². The lowest BCUT2D eigenvalue weighted by Crippen LogP contribution is -2.47. The molecule has 0 spiro atoms. The summed E-state index contributed by atoms with van der Waals surface area (Å²) in [6.45, 7) is 7.26. The summed E-state index contributed by atoms with van der Waals surface area (Å²) in [5.41, 5.74) is 4.93. The third-order valence-corrected chi connectivity index (χ3v) is 5.84. The van der Waals surface area contributed by atoms with Gasteiger partial charge >= 0.3 is 0 Å². The summed E-state index contributed by atoms with van der Waals surface area (Å²) in [5, 5.41) is 0. The molecule has 6 heteroatoms. The summed E-state index contributed by atoms with van der Waals surface area (Å²) < 4.78 is 5.50. The first-order valence-electron chi connectivity index (χ1n) is 10.3. The molecule has 0 atom stereocenters. The van der Waals surface area contributed by atoms with Gasteiger partial charge in [-0.2, -0.15) is 0 Å². The standard InChI is InChI=1S/C24H28N4O2/c1-17-8-4-5-9-19(17)16-20-18(2)25-24(26-23(20)29)28-14-12-27(13-15-28)21-10-6-7-11-22(21)30-3/h4-11H,12-16H2,1-3H3,(H,25,26,29). The predicted molar refractivity (Wildman–Crippen MR) is 121 cm³/mol. The van der Waals surface area contributed by atoms with Crippen molar-refractivity contribution in [2.24, 2.45) is 0 Å². The van der Waals surface area contributed by atoms with E-state index in [1.54, 1.807) is 7.11 Å². The average molecular weight is 405 g/mol. The number of aromatic nitrogens is 2. The number of aryl methyl sites for hydroxylation is 2. The van der Waals surface area contributed by atoms with Gasteiger partial charge in [0.15, 0.2) is 0 Å². The quantitative estimate of drug-likeness (QED) is 0.707. The van der Waals surface area contributed by atoms with Gasteiger partial charge in [-0.15, -0.1) is 0 Å². The number of nitrogens with zero attached hydrogens (tertiary/aromatic N) is 3. The minimum absolute atomic E-state index is 0.0482. The van der Waals surface area contributed by atoms with E-state index in [-0.39, 0.29) is 5.56 Å². The number of piperazine rings is 1. The Balaban J connectivity index is 1.49. The second kappa shape index (κ2) is 8.61.